The number of Topliss-reactive ketones (excluding diaryl/α,β-unsaturated/α-hetero) is 1. The molecule has 1 heterocycles. The van der Waals surface area contributed by atoms with Crippen molar-refractivity contribution in [2.45, 2.75) is 12.5 Å². The largest absolute Gasteiger partial charge is 0.497 e. The average Bonchev–Trinajstić information content (AvgIpc) is 2.48. The van der Waals surface area contributed by atoms with Gasteiger partial charge in [-0.2, -0.15) is 0 Å². The fraction of sp³-hybridized carbons (Fsp3) is 0.188. The van der Waals surface area contributed by atoms with Gasteiger partial charge in [-0.15, -0.1) is 0 Å². The van der Waals surface area contributed by atoms with Crippen LogP contribution in [0.3, 0.4) is 0 Å². The van der Waals surface area contributed by atoms with Crippen LogP contribution >= 0.6 is 15.9 Å². The molecule has 20 heavy (non-hydrogen) atoms. The van der Waals surface area contributed by atoms with Gasteiger partial charge in [-0.1, -0.05) is 28.1 Å². The molecule has 0 spiro atoms. The number of hydrogen-bond acceptors (Lipinski definition) is 3. The van der Waals surface area contributed by atoms with Crippen molar-refractivity contribution in [1.29, 1.82) is 0 Å². The number of ketones is 1. The van der Waals surface area contributed by atoms with Crippen molar-refractivity contribution in [1.82, 2.24) is 0 Å². The van der Waals surface area contributed by atoms with E-state index < -0.39 is 0 Å². The van der Waals surface area contributed by atoms with E-state index in [1.165, 1.54) is 0 Å². The fourth-order valence-electron chi connectivity index (χ4n) is 2.34. The monoisotopic (exact) mass is 332 g/mol. The molecule has 102 valence electrons. The molecule has 4 heteroatoms. The molecule has 0 saturated heterocycles. The lowest BCUT2D eigenvalue weighted by Gasteiger charge is -2.26. The van der Waals surface area contributed by atoms with Crippen LogP contribution in [0.2, 0.25) is 0 Å². The second-order valence-corrected chi connectivity index (χ2v) is 5.47. The van der Waals surface area contributed by atoms with E-state index in [0.717, 1.165) is 15.8 Å². The van der Waals surface area contributed by atoms with Gasteiger partial charge in [-0.05, 0) is 30.3 Å². The first-order valence-corrected chi connectivity index (χ1v) is 7.10. The highest BCUT2D eigenvalue weighted by atomic mass is 79.9. The zero-order valence-electron chi connectivity index (χ0n) is 10.9. The first-order valence-electron chi connectivity index (χ1n) is 6.31. The molecule has 0 aromatic heterocycles. The van der Waals surface area contributed by atoms with E-state index in [1.54, 1.807) is 13.2 Å². The van der Waals surface area contributed by atoms with Crippen molar-refractivity contribution in [3.05, 3.63) is 58.1 Å². The Morgan fingerprint density at radius 2 is 2.05 bits per heavy atom. The highest BCUT2D eigenvalue weighted by Crippen LogP contribution is 2.38. The number of carbonyl (C=O) groups is 1. The lowest BCUT2D eigenvalue weighted by molar-refractivity contribution is 0.0849. The molecule has 0 fully saturated rings. The van der Waals surface area contributed by atoms with E-state index in [4.69, 9.17) is 9.47 Å². The van der Waals surface area contributed by atoms with Crippen LogP contribution in [0.25, 0.3) is 0 Å². The third kappa shape index (κ3) is 2.31. The third-order valence-corrected chi connectivity index (χ3v) is 4.10. The summed E-state index contributed by atoms with van der Waals surface area (Å²) >= 11 is 3.51. The fourth-order valence-corrected chi connectivity index (χ4v) is 2.84. The summed E-state index contributed by atoms with van der Waals surface area (Å²) in [6.07, 6.45) is 0.0462. The van der Waals surface area contributed by atoms with Crippen LogP contribution in [0, 0.1) is 0 Å². The number of ether oxygens (including phenoxy) is 2. The van der Waals surface area contributed by atoms with Crippen molar-refractivity contribution >= 4 is 21.7 Å². The number of para-hydroxylation sites is 1. The minimum absolute atomic E-state index is 0.103. The van der Waals surface area contributed by atoms with Gasteiger partial charge in [-0.25, -0.2) is 0 Å². The summed E-state index contributed by atoms with van der Waals surface area (Å²) in [5.74, 6) is 1.49. The van der Waals surface area contributed by atoms with Crippen LogP contribution in [0.15, 0.2) is 46.9 Å². The van der Waals surface area contributed by atoms with Gasteiger partial charge in [-0.3, -0.25) is 4.79 Å². The zero-order chi connectivity index (χ0) is 14.1. The lowest BCUT2D eigenvalue weighted by atomic mass is 9.96. The smallest absolute Gasteiger partial charge is 0.170 e. The van der Waals surface area contributed by atoms with E-state index in [-0.39, 0.29) is 11.9 Å². The molecule has 0 bridgehead atoms. The molecular formula is C16H13BrO3. The van der Waals surface area contributed by atoms with Gasteiger partial charge in [0.1, 0.15) is 17.6 Å². The molecule has 1 unspecified atom stereocenters. The number of halogens is 1. The van der Waals surface area contributed by atoms with E-state index >= 15 is 0 Å². The average molecular weight is 333 g/mol. The molecule has 0 amide bonds. The Labute approximate surface area is 125 Å². The maximum atomic E-state index is 12.2. The number of fused-ring (bicyclic) bond motifs is 1. The third-order valence-electron chi connectivity index (χ3n) is 3.38. The summed E-state index contributed by atoms with van der Waals surface area (Å²) in [5, 5.41) is 0. The van der Waals surface area contributed by atoms with Crippen LogP contribution in [0.1, 0.15) is 28.4 Å². The molecule has 2 aromatic rings. The zero-order valence-corrected chi connectivity index (χ0v) is 12.5. The summed E-state index contributed by atoms with van der Waals surface area (Å²) in [6, 6.07) is 13.0. The second kappa shape index (κ2) is 5.29. The van der Waals surface area contributed by atoms with Crippen molar-refractivity contribution in [3.8, 4) is 11.5 Å². The van der Waals surface area contributed by atoms with Gasteiger partial charge in [0.05, 0.1) is 19.1 Å². The Bertz CT molecular complexity index is 667. The van der Waals surface area contributed by atoms with Crippen molar-refractivity contribution in [3.63, 3.8) is 0 Å². The molecule has 0 saturated carbocycles. The molecule has 0 N–H and O–H groups in total. The maximum Gasteiger partial charge on any atom is 0.170 e. The molecular weight excluding hydrogens is 320 g/mol. The van der Waals surface area contributed by atoms with E-state index in [1.807, 2.05) is 36.4 Å². The number of carbonyl (C=O) groups excluding carboxylic acids is 1. The summed E-state index contributed by atoms with van der Waals surface area (Å²) < 4.78 is 12.1. The standard InChI is InChI=1S/C16H13BrO3/c1-19-10-6-7-13(17)12(8-10)16-9-14(18)11-4-2-3-5-15(11)20-16/h2-8,16H,9H2,1H3. The van der Waals surface area contributed by atoms with Crippen LogP contribution < -0.4 is 9.47 Å². The molecule has 1 aliphatic heterocycles. The summed E-state index contributed by atoms with van der Waals surface area (Å²) in [4.78, 5) is 12.2. The number of benzene rings is 2. The number of rotatable bonds is 2. The molecule has 0 radical (unpaired) electrons. The van der Waals surface area contributed by atoms with Crippen LogP contribution in [0.4, 0.5) is 0 Å². The second-order valence-electron chi connectivity index (χ2n) is 4.62. The minimum Gasteiger partial charge on any atom is -0.497 e. The molecule has 1 atom stereocenters. The van der Waals surface area contributed by atoms with Gasteiger partial charge in [0.2, 0.25) is 0 Å². The van der Waals surface area contributed by atoms with Gasteiger partial charge in [0.15, 0.2) is 5.78 Å². The van der Waals surface area contributed by atoms with Crippen LogP contribution in [-0.2, 0) is 0 Å². The predicted octanol–water partition coefficient (Wildman–Crippen LogP) is 4.16. The lowest BCUT2D eigenvalue weighted by Crippen LogP contribution is -2.20. The maximum absolute atomic E-state index is 12.2. The summed E-state index contributed by atoms with van der Waals surface area (Å²) in [5.41, 5.74) is 1.58. The predicted molar refractivity (Wildman–Crippen MR) is 79.5 cm³/mol. The van der Waals surface area contributed by atoms with Gasteiger partial charge < -0.3 is 9.47 Å². The van der Waals surface area contributed by atoms with Crippen molar-refractivity contribution in [2.24, 2.45) is 0 Å². The Morgan fingerprint density at radius 1 is 1.25 bits per heavy atom. The normalized spacial score (nSPS) is 17.3. The van der Waals surface area contributed by atoms with E-state index in [0.29, 0.717) is 17.7 Å². The quantitative estimate of drug-likeness (QED) is 0.828. The van der Waals surface area contributed by atoms with E-state index in [9.17, 15) is 4.79 Å². The summed E-state index contributed by atoms with van der Waals surface area (Å²) in [6.45, 7) is 0. The Morgan fingerprint density at radius 3 is 2.85 bits per heavy atom. The molecule has 3 rings (SSSR count). The summed E-state index contributed by atoms with van der Waals surface area (Å²) in [7, 11) is 1.62. The SMILES string of the molecule is COc1ccc(Br)c(C2CC(=O)c3ccccc3O2)c1. The highest BCUT2D eigenvalue weighted by Gasteiger charge is 2.28. The van der Waals surface area contributed by atoms with Crippen molar-refractivity contribution in [2.75, 3.05) is 7.11 Å². The highest BCUT2D eigenvalue weighted by molar-refractivity contribution is 9.10. The number of hydrogen-bond donors (Lipinski definition) is 0. The van der Waals surface area contributed by atoms with Gasteiger partial charge in [0.25, 0.3) is 0 Å². The Hall–Kier alpha value is -1.81. The molecule has 3 nitrogen and oxygen atoms in total. The first-order chi connectivity index (χ1) is 9.69. The van der Waals surface area contributed by atoms with Crippen molar-refractivity contribution < 1.29 is 14.3 Å². The Kier molecular flexibility index (Phi) is 3.49. The minimum atomic E-state index is -0.290. The van der Waals surface area contributed by atoms with Gasteiger partial charge >= 0.3 is 0 Å². The van der Waals surface area contributed by atoms with Gasteiger partial charge in [0, 0.05) is 10.0 Å². The molecule has 0 aliphatic carbocycles. The van der Waals surface area contributed by atoms with Crippen LogP contribution in [0.5, 0.6) is 11.5 Å². The molecule has 2 aromatic carbocycles. The first kappa shape index (κ1) is 13.2. The topological polar surface area (TPSA) is 35.5 Å². The Balaban J connectivity index is 1.99. The number of methoxy groups -OCH3 is 1. The van der Waals surface area contributed by atoms with Crippen LogP contribution in [-0.4, -0.2) is 12.9 Å². The molecule has 1 aliphatic rings. The van der Waals surface area contributed by atoms with E-state index in [2.05, 4.69) is 15.9 Å².